The minimum Gasteiger partial charge on any atom is -0.497 e. The number of hydrogen-bond donors (Lipinski definition) is 1. The molecule has 0 aromatic heterocycles. The molecule has 1 aliphatic rings. The highest BCUT2D eigenvalue weighted by Gasteiger charge is 2.19. The van der Waals surface area contributed by atoms with E-state index >= 15 is 0 Å². The lowest BCUT2D eigenvalue weighted by Crippen LogP contribution is -2.43. The van der Waals surface area contributed by atoms with Crippen molar-refractivity contribution in [1.29, 1.82) is 0 Å². The molecule has 1 aromatic carbocycles. The lowest BCUT2D eigenvalue weighted by molar-refractivity contribution is 0.200. The van der Waals surface area contributed by atoms with Crippen LogP contribution in [0.15, 0.2) is 24.3 Å². The van der Waals surface area contributed by atoms with Crippen LogP contribution in [0.1, 0.15) is 38.3 Å². The van der Waals surface area contributed by atoms with Crippen LogP contribution < -0.4 is 10.1 Å². The second-order valence-electron chi connectivity index (χ2n) is 5.37. The first kappa shape index (κ1) is 14.4. The molecule has 3 nitrogen and oxygen atoms in total. The third-order valence-corrected chi connectivity index (χ3v) is 4.14. The molecule has 1 aromatic rings. The quantitative estimate of drug-likeness (QED) is 0.883. The number of rotatable bonds is 5. The van der Waals surface area contributed by atoms with E-state index in [1.807, 2.05) is 12.1 Å². The van der Waals surface area contributed by atoms with E-state index < -0.39 is 0 Å². The zero-order chi connectivity index (χ0) is 13.7. The van der Waals surface area contributed by atoms with Crippen LogP contribution in [0.5, 0.6) is 5.75 Å². The number of nitrogens with one attached hydrogen (secondary N) is 1. The number of nitrogens with zero attached hydrogens (tertiary/aromatic N) is 1. The first-order chi connectivity index (χ1) is 9.22. The van der Waals surface area contributed by atoms with Crippen LogP contribution >= 0.6 is 0 Å². The Balaban J connectivity index is 1.85. The molecule has 1 heterocycles. The summed E-state index contributed by atoms with van der Waals surface area (Å²) >= 11 is 0. The highest BCUT2D eigenvalue weighted by molar-refractivity contribution is 5.28. The van der Waals surface area contributed by atoms with Gasteiger partial charge in [0.1, 0.15) is 5.75 Å². The lowest BCUT2D eigenvalue weighted by atomic mass is 10.0. The van der Waals surface area contributed by atoms with E-state index in [1.54, 1.807) is 7.11 Å². The lowest BCUT2D eigenvalue weighted by Gasteiger charge is -2.33. The largest absolute Gasteiger partial charge is 0.497 e. The summed E-state index contributed by atoms with van der Waals surface area (Å²) < 4.78 is 5.20. The van der Waals surface area contributed by atoms with Crippen molar-refractivity contribution in [3.05, 3.63) is 29.8 Å². The Morgan fingerprint density at radius 2 is 1.89 bits per heavy atom. The summed E-state index contributed by atoms with van der Waals surface area (Å²) in [6.07, 6.45) is 2.52. The Labute approximate surface area is 116 Å². The molecule has 19 heavy (non-hydrogen) atoms. The second kappa shape index (κ2) is 6.92. The normalized spacial score (nSPS) is 19.3. The van der Waals surface area contributed by atoms with Gasteiger partial charge in [0.15, 0.2) is 0 Å². The summed E-state index contributed by atoms with van der Waals surface area (Å²) in [7, 11) is 1.71. The van der Waals surface area contributed by atoms with E-state index in [1.165, 1.54) is 38.0 Å². The van der Waals surface area contributed by atoms with E-state index in [4.69, 9.17) is 4.74 Å². The molecule has 0 saturated carbocycles. The van der Waals surface area contributed by atoms with Crippen molar-refractivity contribution < 1.29 is 4.74 Å². The van der Waals surface area contributed by atoms with Gasteiger partial charge in [-0.25, -0.2) is 0 Å². The van der Waals surface area contributed by atoms with Crippen LogP contribution in [-0.4, -0.2) is 37.7 Å². The van der Waals surface area contributed by atoms with Gasteiger partial charge in [-0.15, -0.1) is 0 Å². The third kappa shape index (κ3) is 3.95. The molecule has 1 N–H and O–H groups in total. The summed E-state index contributed by atoms with van der Waals surface area (Å²) in [4.78, 5) is 2.52. The second-order valence-corrected chi connectivity index (χ2v) is 5.37. The third-order valence-electron chi connectivity index (χ3n) is 4.14. The van der Waals surface area contributed by atoms with E-state index in [9.17, 15) is 0 Å². The van der Waals surface area contributed by atoms with Crippen molar-refractivity contribution in [2.24, 2.45) is 0 Å². The Morgan fingerprint density at radius 1 is 1.26 bits per heavy atom. The van der Waals surface area contributed by atoms with Gasteiger partial charge in [0.2, 0.25) is 0 Å². The van der Waals surface area contributed by atoms with Crippen molar-refractivity contribution in [2.75, 3.05) is 26.7 Å². The fourth-order valence-corrected chi connectivity index (χ4v) is 2.76. The van der Waals surface area contributed by atoms with Crippen LogP contribution in [0.3, 0.4) is 0 Å². The number of methoxy groups -OCH3 is 1. The van der Waals surface area contributed by atoms with Crippen molar-refractivity contribution in [3.8, 4) is 5.75 Å². The first-order valence-corrected chi connectivity index (χ1v) is 7.35. The van der Waals surface area contributed by atoms with E-state index in [0.717, 1.165) is 5.75 Å². The van der Waals surface area contributed by atoms with E-state index in [2.05, 4.69) is 36.2 Å². The summed E-state index contributed by atoms with van der Waals surface area (Å²) in [6.45, 7) is 8.12. The highest BCUT2D eigenvalue weighted by atomic mass is 16.5. The molecule has 0 unspecified atom stereocenters. The minimum atomic E-state index is 0.407. The van der Waals surface area contributed by atoms with Gasteiger partial charge >= 0.3 is 0 Å². The fourth-order valence-electron chi connectivity index (χ4n) is 2.76. The Morgan fingerprint density at radius 3 is 2.42 bits per heavy atom. The van der Waals surface area contributed by atoms with Gasteiger partial charge in [-0.3, -0.25) is 0 Å². The van der Waals surface area contributed by atoms with Gasteiger partial charge in [0.05, 0.1) is 7.11 Å². The Bertz CT molecular complexity index is 369. The standard InChI is InChI=1S/C16H26N2O/c1-4-18-11-9-15(10-12-18)17-13(2)14-5-7-16(19-3)8-6-14/h5-8,13,15,17H,4,9-12H2,1-3H3/t13-/m1/s1. The van der Waals surface area contributed by atoms with E-state index in [-0.39, 0.29) is 0 Å². The highest BCUT2D eigenvalue weighted by Crippen LogP contribution is 2.20. The summed E-state index contributed by atoms with van der Waals surface area (Å²) in [5.74, 6) is 0.923. The Kier molecular flexibility index (Phi) is 5.23. The van der Waals surface area contributed by atoms with Crippen LogP contribution in [0.4, 0.5) is 0 Å². The molecule has 2 rings (SSSR count). The zero-order valence-corrected chi connectivity index (χ0v) is 12.4. The van der Waals surface area contributed by atoms with Crippen molar-refractivity contribution >= 4 is 0 Å². The molecule has 1 aliphatic heterocycles. The van der Waals surface area contributed by atoms with Crippen LogP contribution in [0, 0.1) is 0 Å². The maximum absolute atomic E-state index is 5.20. The molecular weight excluding hydrogens is 236 g/mol. The monoisotopic (exact) mass is 262 g/mol. The van der Waals surface area contributed by atoms with Crippen LogP contribution in [-0.2, 0) is 0 Å². The molecule has 0 amide bonds. The maximum Gasteiger partial charge on any atom is 0.118 e. The van der Waals surface area contributed by atoms with Crippen molar-refractivity contribution in [2.45, 2.75) is 38.8 Å². The maximum atomic E-state index is 5.20. The van der Waals surface area contributed by atoms with Crippen LogP contribution in [0.25, 0.3) is 0 Å². The number of benzene rings is 1. The molecular formula is C16H26N2O. The molecule has 106 valence electrons. The SMILES string of the molecule is CCN1CCC(N[C@H](C)c2ccc(OC)cc2)CC1. The molecule has 1 atom stereocenters. The van der Waals surface area contributed by atoms with Gasteiger partial charge < -0.3 is 15.0 Å². The molecule has 0 radical (unpaired) electrons. The predicted octanol–water partition coefficient (Wildman–Crippen LogP) is 2.83. The van der Waals surface area contributed by atoms with Gasteiger partial charge in [0.25, 0.3) is 0 Å². The molecule has 1 saturated heterocycles. The topological polar surface area (TPSA) is 24.5 Å². The zero-order valence-electron chi connectivity index (χ0n) is 12.4. The molecule has 1 fully saturated rings. The molecule has 0 bridgehead atoms. The summed E-state index contributed by atoms with van der Waals surface area (Å²) in [5.41, 5.74) is 1.33. The molecule has 0 aliphatic carbocycles. The van der Waals surface area contributed by atoms with Gasteiger partial charge in [0, 0.05) is 12.1 Å². The van der Waals surface area contributed by atoms with Gasteiger partial charge in [-0.05, 0) is 57.1 Å². The minimum absolute atomic E-state index is 0.407. The Hall–Kier alpha value is -1.06. The number of hydrogen-bond acceptors (Lipinski definition) is 3. The van der Waals surface area contributed by atoms with E-state index in [0.29, 0.717) is 12.1 Å². The van der Waals surface area contributed by atoms with Crippen molar-refractivity contribution in [1.82, 2.24) is 10.2 Å². The average Bonchev–Trinajstić information content (AvgIpc) is 2.48. The number of likely N-dealkylation sites (tertiary alicyclic amines) is 1. The smallest absolute Gasteiger partial charge is 0.118 e. The van der Waals surface area contributed by atoms with Gasteiger partial charge in [-0.1, -0.05) is 19.1 Å². The average molecular weight is 262 g/mol. The molecule has 0 spiro atoms. The molecule has 3 heteroatoms. The predicted molar refractivity (Wildman–Crippen MR) is 79.7 cm³/mol. The number of piperidine rings is 1. The summed E-state index contributed by atoms with van der Waals surface area (Å²) in [5, 5.41) is 3.75. The van der Waals surface area contributed by atoms with Gasteiger partial charge in [-0.2, -0.15) is 0 Å². The van der Waals surface area contributed by atoms with Crippen LogP contribution in [0.2, 0.25) is 0 Å². The van der Waals surface area contributed by atoms with Crippen molar-refractivity contribution in [3.63, 3.8) is 0 Å². The fraction of sp³-hybridized carbons (Fsp3) is 0.625. The number of ether oxygens (including phenoxy) is 1. The summed E-state index contributed by atoms with van der Waals surface area (Å²) in [6, 6.07) is 9.43. The first-order valence-electron chi connectivity index (χ1n) is 7.35.